The number of fused-ring (bicyclic) bond motifs is 1. The quantitative estimate of drug-likeness (QED) is 0.389. The van der Waals surface area contributed by atoms with Crippen LogP contribution in [0.1, 0.15) is 23.7 Å². The number of aryl methyl sites for hydroxylation is 1. The molecule has 0 unspecified atom stereocenters. The van der Waals surface area contributed by atoms with Gasteiger partial charge in [-0.05, 0) is 30.7 Å². The van der Waals surface area contributed by atoms with Crippen LogP contribution in [0.2, 0.25) is 0 Å². The molecule has 0 bridgehead atoms. The van der Waals surface area contributed by atoms with Crippen LogP contribution >= 0.6 is 11.8 Å². The van der Waals surface area contributed by atoms with Crippen molar-refractivity contribution in [1.82, 2.24) is 19.7 Å². The van der Waals surface area contributed by atoms with Crippen molar-refractivity contribution in [2.45, 2.75) is 23.6 Å². The molecule has 0 fully saturated rings. The Bertz CT molecular complexity index is 861. The van der Waals surface area contributed by atoms with Gasteiger partial charge in [-0.1, -0.05) is 18.7 Å². The van der Waals surface area contributed by atoms with Gasteiger partial charge in [-0.25, -0.2) is 9.97 Å². The molecule has 0 spiro atoms. The summed E-state index contributed by atoms with van der Waals surface area (Å²) in [5, 5.41) is 5.65. The first kappa shape index (κ1) is 16.4. The van der Waals surface area contributed by atoms with Crippen molar-refractivity contribution in [3.8, 4) is 5.75 Å². The van der Waals surface area contributed by atoms with Crippen molar-refractivity contribution in [1.29, 1.82) is 0 Å². The second-order valence-electron chi connectivity index (χ2n) is 5.29. The van der Waals surface area contributed by atoms with Gasteiger partial charge in [0.15, 0.2) is 11.4 Å². The summed E-state index contributed by atoms with van der Waals surface area (Å²) in [5.41, 5.74) is 1.44. The number of carbonyl (C=O) groups excluding carboxylic acids is 1. The van der Waals surface area contributed by atoms with Crippen LogP contribution in [0.25, 0.3) is 11.0 Å². The molecule has 2 aromatic heterocycles. The fraction of sp³-hybridized carbons (Fsp3) is 0.294. The fourth-order valence-electron chi connectivity index (χ4n) is 2.43. The van der Waals surface area contributed by atoms with Crippen LogP contribution in [0, 0.1) is 0 Å². The van der Waals surface area contributed by atoms with Gasteiger partial charge in [0.25, 0.3) is 0 Å². The van der Waals surface area contributed by atoms with Gasteiger partial charge in [-0.2, -0.15) is 5.10 Å². The van der Waals surface area contributed by atoms with E-state index < -0.39 is 0 Å². The molecule has 0 radical (unpaired) electrons. The molecule has 1 atom stereocenters. The second-order valence-corrected chi connectivity index (χ2v) is 6.48. The summed E-state index contributed by atoms with van der Waals surface area (Å²) in [6.45, 7) is 2.00. The smallest absolute Gasteiger partial charge is 0.176 e. The Morgan fingerprint density at radius 2 is 2.04 bits per heavy atom. The minimum atomic E-state index is -0.211. The number of hydrogen-bond donors (Lipinski definition) is 0. The highest BCUT2D eigenvalue weighted by molar-refractivity contribution is 8.00. The number of ketones is 1. The zero-order chi connectivity index (χ0) is 17.1. The van der Waals surface area contributed by atoms with Crippen molar-refractivity contribution < 1.29 is 9.53 Å². The Balaban J connectivity index is 1.86. The number of rotatable bonds is 6. The molecule has 0 aliphatic carbocycles. The average Bonchev–Trinajstić information content (AvgIpc) is 3.01. The minimum Gasteiger partial charge on any atom is -0.497 e. The number of ether oxygens (including phenoxy) is 1. The van der Waals surface area contributed by atoms with E-state index in [9.17, 15) is 4.79 Å². The highest BCUT2D eigenvalue weighted by Gasteiger charge is 2.22. The lowest BCUT2D eigenvalue weighted by atomic mass is 10.1. The first-order chi connectivity index (χ1) is 11.6. The highest BCUT2D eigenvalue weighted by Crippen LogP contribution is 2.31. The monoisotopic (exact) mass is 342 g/mol. The first-order valence-corrected chi connectivity index (χ1v) is 8.49. The summed E-state index contributed by atoms with van der Waals surface area (Å²) in [7, 11) is 3.44. The lowest BCUT2D eigenvalue weighted by Gasteiger charge is -2.13. The SMILES string of the molecule is CC[C@@H](Sc1ncnc2c1cnn2C)C(=O)c1ccc(OC)cc1. The van der Waals surface area contributed by atoms with Gasteiger partial charge < -0.3 is 4.74 Å². The van der Waals surface area contributed by atoms with Crippen molar-refractivity contribution in [2.24, 2.45) is 7.05 Å². The first-order valence-electron chi connectivity index (χ1n) is 7.61. The predicted octanol–water partition coefficient (Wildman–Crippen LogP) is 3.13. The molecule has 24 heavy (non-hydrogen) atoms. The number of aromatic nitrogens is 4. The molecule has 0 amide bonds. The Labute approximate surface area is 144 Å². The van der Waals surface area contributed by atoms with Crippen molar-refractivity contribution >= 4 is 28.6 Å². The van der Waals surface area contributed by atoms with Crippen LogP contribution < -0.4 is 4.74 Å². The van der Waals surface area contributed by atoms with Crippen molar-refractivity contribution in [2.75, 3.05) is 7.11 Å². The number of carbonyl (C=O) groups is 1. The summed E-state index contributed by atoms with van der Waals surface area (Å²) in [5.74, 6) is 0.820. The third kappa shape index (κ3) is 3.12. The van der Waals surface area contributed by atoms with Gasteiger partial charge in [0.05, 0.1) is 23.9 Å². The van der Waals surface area contributed by atoms with Crippen LogP contribution in [0.3, 0.4) is 0 Å². The zero-order valence-electron chi connectivity index (χ0n) is 13.8. The summed E-state index contributed by atoms with van der Waals surface area (Å²) in [6.07, 6.45) is 3.96. The van der Waals surface area contributed by atoms with Crippen LogP contribution in [0.5, 0.6) is 5.75 Å². The van der Waals surface area contributed by atoms with E-state index in [2.05, 4.69) is 15.1 Å². The van der Waals surface area contributed by atoms with Gasteiger partial charge >= 0.3 is 0 Å². The van der Waals surface area contributed by atoms with E-state index in [1.54, 1.807) is 42.3 Å². The Kier molecular flexibility index (Phi) is 4.80. The number of benzene rings is 1. The van der Waals surface area contributed by atoms with E-state index in [0.29, 0.717) is 12.0 Å². The lowest BCUT2D eigenvalue weighted by molar-refractivity contribution is 0.0988. The summed E-state index contributed by atoms with van der Waals surface area (Å²) >= 11 is 1.46. The Morgan fingerprint density at radius 1 is 1.29 bits per heavy atom. The lowest BCUT2D eigenvalue weighted by Crippen LogP contribution is -2.16. The van der Waals surface area contributed by atoms with Crippen molar-refractivity contribution in [3.05, 3.63) is 42.4 Å². The maximum atomic E-state index is 12.8. The topological polar surface area (TPSA) is 69.9 Å². The van der Waals surface area contributed by atoms with Crippen LogP contribution in [0.15, 0.2) is 41.8 Å². The molecule has 1 aromatic carbocycles. The highest BCUT2D eigenvalue weighted by atomic mass is 32.2. The van der Waals surface area contributed by atoms with E-state index in [1.165, 1.54) is 18.1 Å². The van der Waals surface area contributed by atoms with Gasteiger partial charge in [-0.15, -0.1) is 0 Å². The van der Waals surface area contributed by atoms with E-state index in [1.807, 2.05) is 14.0 Å². The maximum Gasteiger partial charge on any atom is 0.176 e. The molecule has 0 aliphatic rings. The number of Topliss-reactive ketones (excluding diaryl/α,β-unsaturated/α-hetero) is 1. The standard InChI is InChI=1S/C17H18N4O2S/c1-4-14(15(22)11-5-7-12(23-3)8-6-11)24-17-13-9-20-21(2)16(13)18-10-19-17/h5-10,14H,4H2,1-3H3/t14-/m1/s1. The summed E-state index contributed by atoms with van der Waals surface area (Å²) in [6, 6.07) is 7.19. The van der Waals surface area contributed by atoms with E-state index >= 15 is 0 Å². The van der Waals surface area contributed by atoms with Crippen LogP contribution in [0.4, 0.5) is 0 Å². The third-order valence-corrected chi connectivity index (χ3v) is 5.17. The van der Waals surface area contributed by atoms with Gasteiger partial charge in [0.1, 0.15) is 17.1 Å². The minimum absolute atomic E-state index is 0.0841. The predicted molar refractivity (Wildman–Crippen MR) is 93.6 cm³/mol. The second kappa shape index (κ2) is 7.00. The Morgan fingerprint density at radius 3 is 2.71 bits per heavy atom. The Hall–Kier alpha value is -2.41. The molecule has 3 aromatic rings. The average molecular weight is 342 g/mol. The molecule has 6 nitrogen and oxygen atoms in total. The zero-order valence-corrected chi connectivity index (χ0v) is 14.6. The van der Waals surface area contributed by atoms with E-state index in [0.717, 1.165) is 21.8 Å². The number of nitrogens with zero attached hydrogens (tertiary/aromatic N) is 4. The third-order valence-electron chi connectivity index (χ3n) is 3.78. The molecule has 0 aliphatic heterocycles. The van der Waals surface area contributed by atoms with E-state index in [-0.39, 0.29) is 11.0 Å². The summed E-state index contributed by atoms with van der Waals surface area (Å²) < 4.78 is 6.84. The van der Waals surface area contributed by atoms with Crippen molar-refractivity contribution in [3.63, 3.8) is 0 Å². The van der Waals surface area contributed by atoms with Crippen LogP contribution in [-0.2, 0) is 7.05 Å². The normalized spacial score (nSPS) is 12.3. The summed E-state index contributed by atoms with van der Waals surface area (Å²) in [4.78, 5) is 21.4. The molecule has 7 heteroatoms. The number of hydrogen-bond acceptors (Lipinski definition) is 6. The van der Waals surface area contributed by atoms with Gasteiger partial charge in [-0.3, -0.25) is 9.48 Å². The van der Waals surface area contributed by atoms with Gasteiger partial charge in [0.2, 0.25) is 0 Å². The molecular formula is C17H18N4O2S. The molecule has 0 saturated heterocycles. The molecule has 3 rings (SSSR count). The largest absolute Gasteiger partial charge is 0.497 e. The molecule has 124 valence electrons. The maximum absolute atomic E-state index is 12.8. The molecule has 2 heterocycles. The van der Waals surface area contributed by atoms with E-state index in [4.69, 9.17) is 4.74 Å². The molecular weight excluding hydrogens is 324 g/mol. The number of methoxy groups -OCH3 is 1. The van der Waals surface area contributed by atoms with Gasteiger partial charge in [0, 0.05) is 12.6 Å². The molecule has 0 N–H and O–H groups in total. The fourth-order valence-corrected chi connectivity index (χ4v) is 3.49. The number of thioether (sulfide) groups is 1. The molecule has 0 saturated carbocycles. The van der Waals surface area contributed by atoms with Crippen LogP contribution in [-0.4, -0.2) is 37.9 Å².